The number of anilines is 2. The topological polar surface area (TPSA) is 41.3 Å². The van der Waals surface area contributed by atoms with Crippen molar-refractivity contribution in [3.05, 3.63) is 23.2 Å². The molecule has 1 aromatic carbocycles. The molecule has 0 spiro atoms. The van der Waals surface area contributed by atoms with Crippen LogP contribution in [0.2, 0.25) is 5.02 Å². The quantitative estimate of drug-likeness (QED) is 0.689. The van der Waals surface area contributed by atoms with Crippen molar-refractivity contribution in [3.63, 3.8) is 0 Å². The molecule has 0 bridgehead atoms. The Hall–Kier alpha value is -0.930. The van der Waals surface area contributed by atoms with E-state index in [1.165, 1.54) is 0 Å². The third kappa shape index (κ3) is 1.94. The van der Waals surface area contributed by atoms with Crippen molar-refractivity contribution in [2.75, 3.05) is 36.8 Å². The van der Waals surface area contributed by atoms with Gasteiger partial charge in [-0.15, -0.1) is 0 Å². The lowest BCUT2D eigenvalue weighted by Crippen LogP contribution is -2.43. The van der Waals surface area contributed by atoms with Gasteiger partial charge in [-0.05, 0) is 18.2 Å². The maximum Gasteiger partial charge on any atom is 0.0660 e. The third-order valence-corrected chi connectivity index (χ3v) is 2.73. The number of nitrogen functional groups attached to an aromatic ring is 1. The summed E-state index contributed by atoms with van der Waals surface area (Å²) in [5.41, 5.74) is 7.44. The van der Waals surface area contributed by atoms with Gasteiger partial charge in [-0.3, -0.25) is 0 Å². The van der Waals surface area contributed by atoms with Gasteiger partial charge < -0.3 is 16.0 Å². The highest BCUT2D eigenvalue weighted by molar-refractivity contribution is 6.33. The number of rotatable bonds is 1. The Balaban J connectivity index is 2.22. The van der Waals surface area contributed by atoms with Crippen LogP contribution in [0.4, 0.5) is 11.4 Å². The Bertz CT molecular complexity index is 321. The Morgan fingerprint density at radius 2 is 2.00 bits per heavy atom. The van der Waals surface area contributed by atoms with Gasteiger partial charge in [-0.1, -0.05) is 11.6 Å². The van der Waals surface area contributed by atoms with Crippen LogP contribution in [0.15, 0.2) is 18.2 Å². The van der Waals surface area contributed by atoms with Gasteiger partial charge in [0.1, 0.15) is 0 Å². The third-order valence-electron chi connectivity index (χ3n) is 2.43. The zero-order chi connectivity index (χ0) is 9.97. The summed E-state index contributed by atoms with van der Waals surface area (Å²) in [6.07, 6.45) is 0. The van der Waals surface area contributed by atoms with E-state index < -0.39 is 0 Å². The summed E-state index contributed by atoms with van der Waals surface area (Å²) in [5.74, 6) is 0. The summed E-state index contributed by atoms with van der Waals surface area (Å²) < 4.78 is 0. The van der Waals surface area contributed by atoms with Crippen molar-refractivity contribution in [1.29, 1.82) is 0 Å². The lowest BCUT2D eigenvalue weighted by Gasteiger charge is -2.30. The molecule has 0 radical (unpaired) electrons. The summed E-state index contributed by atoms with van der Waals surface area (Å²) in [5, 5.41) is 4.05. The van der Waals surface area contributed by atoms with Crippen molar-refractivity contribution in [1.82, 2.24) is 5.32 Å². The van der Waals surface area contributed by atoms with Gasteiger partial charge in [0, 0.05) is 31.9 Å². The van der Waals surface area contributed by atoms with E-state index in [9.17, 15) is 0 Å². The van der Waals surface area contributed by atoms with E-state index in [-0.39, 0.29) is 0 Å². The molecule has 0 unspecified atom stereocenters. The molecule has 3 nitrogen and oxygen atoms in total. The summed E-state index contributed by atoms with van der Waals surface area (Å²) in [6, 6.07) is 5.69. The van der Waals surface area contributed by atoms with Crippen LogP contribution in [0.25, 0.3) is 0 Å². The Kier molecular flexibility index (Phi) is 2.79. The highest BCUT2D eigenvalue weighted by Gasteiger charge is 2.12. The zero-order valence-electron chi connectivity index (χ0n) is 7.96. The second kappa shape index (κ2) is 4.07. The highest BCUT2D eigenvalue weighted by atomic mass is 35.5. The summed E-state index contributed by atoms with van der Waals surface area (Å²) in [4.78, 5) is 2.28. The molecular weight excluding hydrogens is 198 g/mol. The van der Waals surface area contributed by atoms with E-state index >= 15 is 0 Å². The first-order valence-electron chi connectivity index (χ1n) is 4.78. The van der Waals surface area contributed by atoms with E-state index in [0.29, 0.717) is 5.69 Å². The molecule has 1 aliphatic heterocycles. The van der Waals surface area contributed by atoms with Gasteiger partial charge in [0.15, 0.2) is 0 Å². The largest absolute Gasteiger partial charge is 0.399 e. The first-order valence-corrected chi connectivity index (χ1v) is 5.16. The van der Waals surface area contributed by atoms with Crippen LogP contribution in [0.5, 0.6) is 0 Å². The predicted octanol–water partition coefficient (Wildman–Crippen LogP) is 1.33. The van der Waals surface area contributed by atoms with E-state index in [4.69, 9.17) is 17.3 Å². The maximum absolute atomic E-state index is 6.12. The van der Waals surface area contributed by atoms with Gasteiger partial charge in [0.2, 0.25) is 0 Å². The van der Waals surface area contributed by atoms with Crippen LogP contribution in [0.1, 0.15) is 0 Å². The first kappa shape index (κ1) is 9.62. The SMILES string of the molecule is Nc1ccc(N2CCNCC2)c(Cl)c1. The van der Waals surface area contributed by atoms with Crippen molar-refractivity contribution >= 4 is 23.0 Å². The van der Waals surface area contributed by atoms with E-state index in [1.54, 1.807) is 6.07 Å². The predicted molar refractivity (Wildman–Crippen MR) is 60.9 cm³/mol. The average Bonchev–Trinajstić information content (AvgIpc) is 2.19. The minimum Gasteiger partial charge on any atom is -0.399 e. The standard InChI is InChI=1S/C10H14ClN3/c11-9-7-8(12)1-2-10(9)14-5-3-13-4-6-14/h1-2,7,13H,3-6,12H2. The Morgan fingerprint density at radius 1 is 1.29 bits per heavy atom. The van der Waals surface area contributed by atoms with Gasteiger partial charge in [0.05, 0.1) is 10.7 Å². The van der Waals surface area contributed by atoms with Crippen LogP contribution in [-0.2, 0) is 0 Å². The number of piperazine rings is 1. The lowest BCUT2D eigenvalue weighted by molar-refractivity contribution is 0.589. The van der Waals surface area contributed by atoms with Gasteiger partial charge in [-0.2, -0.15) is 0 Å². The van der Waals surface area contributed by atoms with Crippen molar-refractivity contribution in [2.24, 2.45) is 0 Å². The minimum atomic E-state index is 0.717. The van der Waals surface area contributed by atoms with Crippen LogP contribution in [0.3, 0.4) is 0 Å². The molecule has 2 rings (SSSR count). The fraction of sp³-hybridized carbons (Fsp3) is 0.400. The second-order valence-electron chi connectivity index (χ2n) is 3.45. The van der Waals surface area contributed by atoms with Gasteiger partial charge in [0.25, 0.3) is 0 Å². The average molecular weight is 212 g/mol. The summed E-state index contributed by atoms with van der Waals surface area (Å²) in [6.45, 7) is 4.04. The fourth-order valence-corrected chi connectivity index (χ4v) is 1.99. The monoisotopic (exact) mass is 211 g/mol. The number of nitrogens with two attached hydrogens (primary N) is 1. The van der Waals surface area contributed by atoms with Crippen molar-refractivity contribution in [3.8, 4) is 0 Å². The van der Waals surface area contributed by atoms with E-state index in [2.05, 4.69) is 10.2 Å². The number of nitrogens with zero attached hydrogens (tertiary/aromatic N) is 1. The van der Waals surface area contributed by atoms with Crippen LogP contribution >= 0.6 is 11.6 Å². The molecule has 0 aliphatic carbocycles. The molecule has 0 atom stereocenters. The molecule has 14 heavy (non-hydrogen) atoms. The molecular formula is C10H14ClN3. The molecule has 1 aliphatic rings. The van der Waals surface area contributed by atoms with Gasteiger partial charge >= 0.3 is 0 Å². The van der Waals surface area contributed by atoms with Crippen LogP contribution < -0.4 is 16.0 Å². The van der Waals surface area contributed by atoms with Gasteiger partial charge in [-0.25, -0.2) is 0 Å². The van der Waals surface area contributed by atoms with Crippen molar-refractivity contribution < 1.29 is 0 Å². The maximum atomic E-state index is 6.12. The Labute approximate surface area is 88.8 Å². The first-order chi connectivity index (χ1) is 6.77. The molecule has 1 heterocycles. The number of nitrogens with one attached hydrogen (secondary N) is 1. The molecule has 0 aromatic heterocycles. The van der Waals surface area contributed by atoms with E-state index in [1.807, 2.05) is 12.1 Å². The number of halogens is 1. The summed E-state index contributed by atoms with van der Waals surface area (Å²) in [7, 11) is 0. The minimum absolute atomic E-state index is 0.717. The zero-order valence-corrected chi connectivity index (χ0v) is 8.72. The Morgan fingerprint density at radius 3 is 2.64 bits per heavy atom. The molecule has 1 aromatic rings. The van der Waals surface area contributed by atoms with E-state index in [0.717, 1.165) is 36.9 Å². The smallest absolute Gasteiger partial charge is 0.0660 e. The highest BCUT2D eigenvalue weighted by Crippen LogP contribution is 2.27. The number of benzene rings is 1. The normalized spacial score (nSPS) is 17.1. The fourth-order valence-electron chi connectivity index (χ4n) is 1.69. The molecule has 76 valence electrons. The summed E-state index contributed by atoms with van der Waals surface area (Å²) >= 11 is 6.12. The number of hydrogen-bond acceptors (Lipinski definition) is 3. The molecule has 1 fully saturated rings. The molecule has 0 saturated carbocycles. The van der Waals surface area contributed by atoms with Crippen LogP contribution in [-0.4, -0.2) is 26.2 Å². The lowest BCUT2D eigenvalue weighted by atomic mass is 10.2. The molecule has 4 heteroatoms. The molecule has 1 saturated heterocycles. The van der Waals surface area contributed by atoms with Crippen molar-refractivity contribution in [2.45, 2.75) is 0 Å². The molecule has 0 amide bonds. The number of hydrogen-bond donors (Lipinski definition) is 2. The second-order valence-corrected chi connectivity index (χ2v) is 3.86. The molecule has 3 N–H and O–H groups in total. The van der Waals surface area contributed by atoms with Crippen LogP contribution in [0, 0.1) is 0 Å².